The molecule has 1 aliphatic heterocycles. The Morgan fingerprint density at radius 2 is 2.28 bits per heavy atom. The molecule has 0 aromatic rings. The zero-order valence-electron chi connectivity index (χ0n) is 11.3. The van der Waals surface area contributed by atoms with Crippen molar-refractivity contribution in [3.63, 3.8) is 0 Å². The first kappa shape index (κ1) is 13.8. The van der Waals surface area contributed by atoms with Crippen LogP contribution < -0.4 is 5.32 Å². The lowest BCUT2D eigenvalue weighted by Gasteiger charge is -2.40. The molecular formula is C13H24N2O3. The van der Waals surface area contributed by atoms with Crippen LogP contribution in [0.4, 0.5) is 0 Å². The molecule has 1 aliphatic carbocycles. The molecule has 0 spiro atoms. The van der Waals surface area contributed by atoms with E-state index < -0.39 is 11.5 Å². The van der Waals surface area contributed by atoms with Gasteiger partial charge in [0, 0.05) is 19.1 Å². The fourth-order valence-electron chi connectivity index (χ4n) is 2.86. The number of carboxylic acids is 1. The van der Waals surface area contributed by atoms with Crippen LogP contribution in [0.2, 0.25) is 0 Å². The molecule has 1 saturated carbocycles. The lowest BCUT2D eigenvalue weighted by atomic mass is 9.91. The summed E-state index contributed by atoms with van der Waals surface area (Å²) in [5, 5.41) is 12.9. The van der Waals surface area contributed by atoms with E-state index in [1.54, 1.807) is 0 Å². The molecule has 18 heavy (non-hydrogen) atoms. The SMILES string of the molecule is CCNC(CN1CCOCC1C)(C(=O)O)C1CC1. The van der Waals surface area contributed by atoms with Crippen molar-refractivity contribution >= 4 is 5.97 Å². The molecule has 0 aromatic heterocycles. The Bertz CT molecular complexity index is 307. The second-order valence-electron chi connectivity index (χ2n) is 5.48. The molecule has 2 unspecified atom stereocenters. The molecule has 2 atom stereocenters. The summed E-state index contributed by atoms with van der Waals surface area (Å²) in [5.41, 5.74) is -0.764. The first-order chi connectivity index (χ1) is 8.60. The van der Waals surface area contributed by atoms with Crippen molar-refractivity contribution in [2.24, 2.45) is 5.92 Å². The van der Waals surface area contributed by atoms with Gasteiger partial charge in [-0.1, -0.05) is 6.92 Å². The zero-order valence-corrected chi connectivity index (χ0v) is 11.3. The van der Waals surface area contributed by atoms with E-state index >= 15 is 0 Å². The molecule has 0 radical (unpaired) electrons. The van der Waals surface area contributed by atoms with Gasteiger partial charge in [-0.2, -0.15) is 0 Å². The predicted molar refractivity (Wildman–Crippen MR) is 68.6 cm³/mol. The van der Waals surface area contributed by atoms with Crippen LogP contribution in [0.3, 0.4) is 0 Å². The first-order valence-electron chi connectivity index (χ1n) is 6.90. The minimum Gasteiger partial charge on any atom is -0.480 e. The summed E-state index contributed by atoms with van der Waals surface area (Å²) in [6.45, 7) is 7.60. The number of nitrogens with one attached hydrogen (secondary N) is 1. The number of carbonyl (C=O) groups is 1. The Labute approximate surface area is 108 Å². The second kappa shape index (κ2) is 5.55. The minimum atomic E-state index is -0.764. The Hall–Kier alpha value is -0.650. The number of aliphatic carboxylic acids is 1. The Morgan fingerprint density at radius 1 is 1.56 bits per heavy atom. The van der Waals surface area contributed by atoms with E-state index in [0.29, 0.717) is 32.3 Å². The van der Waals surface area contributed by atoms with Crippen molar-refractivity contribution in [1.29, 1.82) is 0 Å². The number of carboxylic acid groups (broad SMARTS) is 1. The molecule has 2 N–H and O–H groups in total. The van der Waals surface area contributed by atoms with Crippen molar-refractivity contribution in [2.45, 2.75) is 38.3 Å². The van der Waals surface area contributed by atoms with Gasteiger partial charge >= 0.3 is 5.97 Å². The number of hydrogen-bond acceptors (Lipinski definition) is 4. The van der Waals surface area contributed by atoms with E-state index in [1.807, 2.05) is 6.92 Å². The summed E-state index contributed by atoms with van der Waals surface area (Å²) < 4.78 is 5.41. The molecule has 5 heteroatoms. The average Bonchev–Trinajstić information content (AvgIpc) is 3.15. The lowest BCUT2D eigenvalue weighted by Crippen LogP contribution is -2.63. The highest BCUT2D eigenvalue weighted by Gasteiger charge is 2.52. The number of morpholine rings is 1. The molecule has 0 amide bonds. The first-order valence-corrected chi connectivity index (χ1v) is 6.90. The van der Waals surface area contributed by atoms with Gasteiger partial charge in [-0.05, 0) is 32.2 Å². The van der Waals surface area contributed by atoms with E-state index in [4.69, 9.17) is 4.74 Å². The van der Waals surface area contributed by atoms with E-state index in [-0.39, 0.29) is 5.92 Å². The summed E-state index contributed by atoms with van der Waals surface area (Å²) in [5.74, 6) is -0.421. The third kappa shape index (κ3) is 2.68. The Kier molecular flexibility index (Phi) is 4.25. The molecule has 1 saturated heterocycles. The maximum atomic E-state index is 11.8. The normalized spacial score (nSPS) is 28.9. The number of likely N-dealkylation sites (N-methyl/N-ethyl adjacent to an activating group) is 1. The zero-order chi connectivity index (χ0) is 13.2. The summed E-state index contributed by atoms with van der Waals surface area (Å²) in [6, 6.07) is 0.301. The fraction of sp³-hybridized carbons (Fsp3) is 0.923. The van der Waals surface area contributed by atoms with Gasteiger partial charge < -0.3 is 15.2 Å². The predicted octanol–water partition coefficient (Wildman–Crippen LogP) is 0.550. The summed E-state index contributed by atoms with van der Waals surface area (Å²) in [4.78, 5) is 14.0. The van der Waals surface area contributed by atoms with Crippen LogP contribution in [-0.2, 0) is 9.53 Å². The van der Waals surface area contributed by atoms with Gasteiger partial charge in [0.25, 0.3) is 0 Å². The number of ether oxygens (including phenoxy) is 1. The van der Waals surface area contributed by atoms with Gasteiger partial charge in [-0.15, -0.1) is 0 Å². The van der Waals surface area contributed by atoms with Gasteiger partial charge in [0.1, 0.15) is 5.54 Å². The molecule has 104 valence electrons. The molecular weight excluding hydrogens is 232 g/mol. The molecule has 5 nitrogen and oxygen atoms in total. The molecule has 2 fully saturated rings. The fourth-order valence-corrected chi connectivity index (χ4v) is 2.86. The number of nitrogens with zero attached hydrogens (tertiary/aromatic N) is 1. The Morgan fingerprint density at radius 3 is 2.78 bits per heavy atom. The third-order valence-corrected chi connectivity index (χ3v) is 4.11. The van der Waals surface area contributed by atoms with Crippen LogP contribution in [-0.4, -0.2) is 60.4 Å². The topological polar surface area (TPSA) is 61.8 Å². The smallest absolute Gasteiger partial charge is 0.325 e. The average molecular weight is 256 g/mol. The quantitative estimate of drug-likeness (QED) is 0.727. The monoisotopic (exact) mass is 256 g/mol. The number of hydrogen-bond donors (Lipinski definition) is 2. The van der Waals surface area contributed by atoms with E-state index in [2.05, 4.69) is 17.1 Å². The van der Waals surface area contributed by atoms with Crippen LogP contribution in [0.25, 0.3) is 0 Å². The van der Waals surface area contributed by atoms with Crippen LogP contribution >= 0.6 is 0 Å². The molecule has 2 rings (SSSR count). The van der Waals surface area contributed by atoms with Crippen LogP contribution in [0.15, 0.2) is 0 Å². The molecule has 0 bridgehead atoms. The van der Waals surface area contributed by atoms with Crippen molar-refractivity contribution in [2.75, 3.05) is 32.8 Å². The van der Waals surface area contributed by atoms with Gasteiger partial charge in [-0.3, -0.25) is 9.69 Å². The van der Waals surface area contributed by atoms with E-state index in [0.717, 1.165) is 19.4 Å². The second-order valence-corrected chi connectivity index (χ2v) is 5.48. The highest BCUT2D eigenvalue weighted by Crippen LogP contribution is 2.40. The Balaban J connectivity index is 2.10. The molecule has 1 heterocycles. The van der Waals surface area contributed by atoms with Gasteiger partial charge in [0.2, 0.25) is 0 Å². The van der Waals surface area contributed by atoms with Gasteiger partial charge in [0.15, 0.2) is 0 Å². The maximum Gasteiger partial charge on any atom is 0.325 e. The highest BCUT2D eigenvalue weighted by molar-refractivity contribution is 5.80. The standard InChI is InChI=1S/C13H24N2O3/c1-3-14-13(12(16)17,11-4-5-11)9-15-6-7-18-8-10(15)2/h10-11,14H,3-9H2,1-2H3,(H,16,17). The van der Waals surface area contributed by atoms with Crippen molar-refractivity contribution in [3.05, 3.63) is 0 Å². The summed E-state index contributed by atoms with van der Waals surface area (Å²) in [6.07, 6.45) is 2.05. The van der Waals surface area contributed by atoms with Crippen LogP contribution in [0, 0.1) is 5.92 Å². The lowest BCUT2D eigenvalue weighted by molar-refractivity contribution is -0.148. The van der Waals surface area contributed by atoms with Crippen molar-refractivity contribution < 1.29 is 14.6 Å². The van der Waals surface area contributed by atoms with Crippen LogP contribution in [0.5, 0.6) is 0 Å². The van der Waals surface area contributed by atoms with E-state index in [9.17, 15) is 9.90 Å². The molecule has 2 aliphatic rings. The van der Waals surface area contributed by atoms with Crippen LogP contribution in [0.1, 0.15) is 26.7 Å². The number of rotatable bonds is 6. The summed E-state index contributed by atoms with van der Waals surface area (Å²) >= 11 is 0. The van der Waals surface area contributed by atoms with Crippen molar-refractivity contribution in [3.8, 4) is 0 Å². The minimum absolute atomic E-state index is 0.282. The van der Waals surface area contributed by atoms with Crippen molar-refractivity contribution in [1.82, 2.24) is 10.2 Å². The highest BCUT2D eigenvalue weighted by atomic mass is 16.5. The van der Waals surface area contributed by atoms with Gasteiger partial charge in [0.05, 0.1) is 13.2 Å². The third-order valence-electron chi connectivity index (χ3n) is 4.11. The largest absolute Gasteiger partial charge is 0.480 e. The van der Waals surface area contributed by atoms with Gasteiger partial charge in [-0.25, -0.2) is 0 Å². The summed E-state index contributed by atoms with van der Waals surface area (Å²) in [7, 11) is 0. The maximum absolute atomic E-state index is 11.8. The molecule has 0 aromatic carbocycles. The van der Waals surface area contributed by atoms with E-state index in [1.165, 1.54) is 0 Å².